The molecule has 2 saturated heterocycles. The van der Waals surface area contributed by atoms with Gasteiger partial charge in [0.05, 0.1) is 0 Å². The first kappa shape index (κ1) is 13.7. The van der Waals surface area contributed by atoms with E-state index in [1.165, 1.54) is 0 Å². The standard InChI is InChI=1S/C14H27N3O/c1-10-6-8-17(9-7-10)14(18)16-13-5-4-11(2)15-12(13)3/h10-13,15H,4-9H2,1-3H3,(H,16,18). The van der Waals surface area contributed by atoms with E-state index in [9.17, 15) is 4.79 Å². The third-order valence-electron chi connectivity index (χ3n) is 4.44. The lowest BCUT2D eigenvalue weighted by molar-refractivity contribution is 0.163. The van der Waals surface area contributed by atoms with Gasteiger partial charge in [-0.15, -0.1) is 0 Å². The van der Waals surface area contributed by atoms with Gasteiger partial charge in [-0.3, -0.25) is 0 Å². The summed E-state index contributed by atoms with van der Waals surface area (Å²) in [5, 5.41) is 6.71. The molecule has 2 heterocycles. The Bertz CT molecular complexity index is 287. The van der Waals surface area contributed by atoms with Gasteiger partial charge in [-0.1, -0.05) is 6.92 Å². The minimum absolute atomic E-state index is 0.134. The summed E-state index contributed by atoms with van der Waals surface area (Å²) in [5.74, 6) is 0.769. The molecule has 0 spiro atoms. The van der Waals surface area contributed by atoms with Crippen molar-refractivity contribution in [1.29, 1.82) is 0 Å². The smallest absolute Gasteiger partial charge is 0.317 e. The zero-order valence-electron chi connectivity index (χ0n) is 11.9. The van der Waals surface area contributed by atoms with Crippen molar-refractivity contribution in [3.8, 4) is 0 Å². The molecule has 0 bridgehead atoms. The van der Waals surface area contributed by atoms with Gasteiger partial charge in [0, 0.05) is 31.2 Å². The van der Waals surface area contributed by atoms with Crippen molar-refractivity contribution in [3.05, 3.63) is 0 Å². The molecule has 0 aliphatic carbocycles. The molecule has 0 aromatic heterocycles. The highest BCUT2D eigenvalue weighted by molar-refractivity contribution is 5.74. The van der Waals surface area contributed by atoms with Crippen LogP contribution in [0.25, 0.3) is 0 Å². The molecule has 2 fully saturated rings. The van der Waals surface area contributed by atoms with E-state index in [2.05, 4.69) is 31.4 Å². The fraction of sp³-hybridized carbons (Fsp3) is 0.929. The van der Waals surface area contributed by atoms with Gasteiger partial charge in [0.2, 0.25) is 0 Å². The highest BCUT2D eigenvalue weighted by Gasteiger charge is 2.28. The number of carbonyl (C=O) groups is 1. The molecule has 0 saturated carbocycles. The van der Waals surface area contributed by atoms with Crippen molar-refractivity contribution in [2.75, 3.05) is 13.1 Å². The van der Waals surface area contributed by atoms with Gasteiger partial charge in [-0.2, -0.15) is 0 Å². The molecule has 0 aromatic rings. The fourth-order valence-corrected chi connectivity index (χ4v) is 2.99. The van der Waals surface area contributed by atoms with Crippen LogP contribution in [0.3, 0.4) is 0 Å². The van der Waals surface area contributed by atoms with Gasteiger partial charge < -0.3 is 15.5 Å². The Labute approximate surface area is 110 Å². The number of carbonyl (C=O) groups excluding carboxylic acids is 1. The second-order valence-electron chi connectivity index (χ2n) is 6.16. The van der Waals surface area contributed by atoms with Crippen LogP contribution in [0, 0.1) is 5.92 Å². The lowest BCUT2D eigenvalue weighted by Gasteiger charge is -2.37. The van der Waals surface area contributed by atoms with Crippen LogP contribution in [0.5, 0.6) is 0 Å². The molecule has 0 radical (unpaired) electrons. The molecule has 2 N–H and O–H groups in total. The molecule has 2 aliphatic rings. The topological polar surface area (TPSA) is 44.4 Å². The number of likely N-dealkylation sites (tertiary alicyclic amines) is 1. The largest absolute Gasteiger partial charge is 0.334 e. The predicted octanol–water partition coefficient (Wildman–Crippen LogP) is 1.96. The fourth-order valence-electron chi connectivity index (χ4n) is 2.99. The highest BCUT2D eigenvalue weighted by atomic mass is 16.2. The van der Waals surface area contributed by atoms with E-state index in [0.29, 0.717) is 12.1 Å². The average Bonchev–Trinajstić information content (AvgIpc) is 2.33. The molecular weight excluding hydrogens is 226 g/mol. The Morgan fingerprint density at radius 2 is 1.78 bits per heavy atom. The predicted molar refractivity (Wildman–Crippen MR) is 73.6 cm³/mol. The van der Waals surface area contributed by atoms with Crippen LogP contribution in [-0.2, 0) is 0 Å². The van der Waals surface area contributed by atoms with Crippen molar-refractivity contribution in [2.45, 2.75) is 64.6 Å². The summed E-state index contributed by atoms with van der Waals surface area (Å²) in [6, 6.07) is 1.37. The number of hydrogen-bond acceptors (Lipinski definition) is 2. The number of rotatable bonds is 1. The van der Waals surface area contributed by atoms with Crippen molar-refractivity contribution >= 4 is 6.03 Å². The lowest BCUT2D eigenvalue weighted by Crippen LogP contribution is -2.57. The molecule has 3 unspecified atom stereocenters. The Balaban J connectivity index is 1.80. The van der Waals surface area contributed by atoms with E-state index in [-0.39, 0.29) is 12.1 Å². The highest BCUT2D eigenvalue weighted by Crippen LogP contribution is 2.17. The Morgan fingerprint density at radius 1 is 1.11 bits per heavy atom. The second kappa shape index (κ2) is 5.91. The molecule has 2 aliphatic heterocycles. The van der Waals surface area contributed by atoms with E-state index in [1.54, 1.807) is 0 Å². The Hall–Kier alpha value is -0.770. The normalized spacial score (nSPS) is 34.4. The Kier molecular flexibility index (Phi) is 4.49. The SMILES string of the molecule is CC1CCN(C(=O)NC2CCC(C)NC2C)CC1. The van der Waals surface area contributed by atoms with E-state index in [0.717, 1.165) is 44.7 Å². The number of hydrogen-bond donors (Lipinski definition) is 2. The molecule has 3 atom stereocenters. The summed E-state index contributed by atoms with van der Waals surface area (Å²) in [5.41, 5.74) is 0. The number of piperidine rings is 2. The molecule has 4 nitrogen and oxygen atoms in total. The first-order chi connectivity index (χ1) is 8.56. The van der Waals surface area contributed by atoms with Gasteiger partial charge >= 0.3 is 6.03 Å². The van der Waals surface area contributed by atoms with E-state index >= 15 is 0 Å². The zero-order chi connectivity index (χ0) is 13.1. The minimum Gasteiger partial charge on any atom is -0.334 e. The van der Waals surface area contributed by atoms with Gasteiger partial charge in [-0.25, -0.2) is 4.79 Å². The lowest BCUT2D eigenvalue weighted by atomic mass is 9.95. The van der Waals surface area contributed by atoms with Crippen molar-refractivity contribution in [1.82, 2.24) is 15.5 Å². The second-order valence-corrected chi connectivity index (χ2v) is 6.16. The van der Waals surface area contributed by atoms with E-state index in [4.69, 9.17) is 0 Å². The average molecular weight is 253 g/mol. The van der Waals surface area contributed by atoms with Crippen molar-refractivity contribution < 1.29 is 4.79 Å². The molecule has 0 aromatic carbocycles. The van der Waals surface area contributed by atoms with Crippen LogP contribution in [-0.4, -0.2) is 42.1 Å². The summed E-state index contributed by atoms with van der Waals surface area (Å²) < 4.78 is 0. The van der Waals surface area contributed by atoms with E-state index in [1.807, 2.05) is 4.90 Å². The molecule has 4 heteroatoms. The van der Waals surface area contributed by atoms with Crippen LogP contribution in [0.2, 0.25) is 0 Å². The maximum atomic E-state index is 12.2. The van der Waals surface area contributed by atoms with Crippen LogP contribution in [0.4, 0.5) is 4.79 Å². The Morgan fingerprint density at radius 3 is 2.39 bits per heavy atom. The van der Waals surface area contributed by atoms with Gasteiger partial charge in [-0.05, 0) is 45.4 Å². The number of amides is 2. The van der Waals surface area contributed by atoms with Crippen LogP contribution in [0.15, 0.2) is 0 Å². The quantitative estimate of drug-likeness (QED) is 0.750. The zero-order valence-corrected chi connectivity index (χ0v) is 11.9. The number of nitrogens with one attached hydrogen (secondary N) is 2. The monoisotopic (exact) mass is 253 g/mol. The van der Waals surface area contributed by atoms with Crippen LogP contribution < -0.4 is 10.6 Å². The third-order valence-corrected chi connectivity index (χ3v) is 4.44. The van der Waals surface area contributed by atoms with E-state index < -0.39 is 0 Å². The minimum atomic E-state index is 0.134. The summed E-state index contributed by atoms with van der Waals surface area (Å²) in [6.45, 7) is 8.47. The molecule has 18 heavy (non-hydrogen) atoms. The first-order valence-electron chi connectivity index (χ1n) is 7.37. The van der Waals surface area contributed by atoms with Gasteiger partial charge in [0.15, 0.2) is 0 Å². The molecule has 104 valence electrons. The maximum Gasteiger partial charge on any atom is 0.317 e. The van der Waals surface area contributed by atoms with Crippen LogP contribution in [0.1, 0.15) is 46.5 Å². The van der Waals surface area contributed by atoms with Crippen LogP contribution >= 0.6 is 0 Å². The van der Waals surface area contributed by atoms with Gasteiger partial charge in [0.25, 0.3) is 0 Å². The summed E-state index contributed by atoms with van der Waals surface area (Å²) in [4.78, 5) is 14.2. The summed E-state index contributed by atoms with van der Waals surface area (Å²) in [6.07, 6.45) is 4.52. The number of nitrogens with zero attached hydrogens (tertiary/aromatic N) is 1. The summed E-state index contributed by atoms with van der Waals surface area (Å²) in [7, 11) is 0. The van der Waals surface area contributed by atoms with Crippen molar-refractivity contribution in [2.24, 2.45) is 5.92 Å². The number of urea groups is 1. The first-order valence-corrected chi connectivity index (χ1v) is 7.37. The van der Waals surface area contributed by atoms with Crippen molar-refractivity contribution in [3.63, 3.8) is 0 Å². The third kappa shape index (κ3) is 3.37. The molecule has 2 rings (SSSR count). The van der Waals surface area contributed by atoms with Gasteiger partial charge in [0.1, 0.15) is 0 Å². The maximum absolute atomic E-state index is 12.2. The summed E-state index contributed by atoms with van der Waals surface area (Å²) >= 11 is 0. The molecule has 2 amide bonds. The molecular formula is C14H27N3O.